The summed E-state index contributed by atoms with van der Waals surface area (Å²) in [7, 11) is -2.65. The molecule has 0 bridgehead atoms. The number of anilines is 1. The minimum atomic E-state index is -4.19. The van der Waals surface area contributed by atoms with Gasteiger partial charge in [0, 0.05) is 12.6 Å². The molecule has 3 aromatic carbocycles. The van der Waals surface area contributed by atoms with Crippen LogP contribution >= 0.6 is 11.6 Å². The van der Waals surface area contributed by atoms with Gasteiger partial charge in [-0.05, 0) is 69.2 Å². The maximum absolute atomic E-state index is 14.0. The number of carbonyl (C=O) groups excluding carboxylic acids is 2. The topological polar surface area (TPSA) is 96.0 Å². The monoisotopic (exact) mass is 585 g/mol. The number of aryl methyl sites for hydroxylation is 1. The SMILES string of the molecule is CCC(C)NC(=O)C(C)N(Cc1cccc(OC)c1)C(=O)CN(c1ccccc1Cl)S(=O)(=O)c1ccc(C)cc1. The molecule has 0 aliphatic rings. The number of benzene rings is 3. The van der Waals surface area contributed by atoms with E-state index in [2.05, 4.69) is 5.32 Å². The Hall–Kier alpha value is -3.56. The van der Waals surface area contributed by atoms with Crippen LogP contribution in [0, 0.1) is 6.92 Å². The van der Waals surface area contributed by atoms with Gasteiger partial charge in [-0.1, -0.05) is 60.5 Å². The lowest BCUT2D eigenvalue weighted by atomic mass is 10.1. The van der Waals surface area contributed by atoms with Gasteiger partial charge in [-0.25, -0.2) is 8.42 Å². The normalized spacial score (nSPS) is 12.8. The Morgan fingerprint density at radius 3 is 2.30 bits per heavy atom. The van der Waals surface area contributed by atoms with Crippen LogP contribution in [0.25, 0.3) is 0 Å². The van der Waals surface area contributed by atoms with Crippen LogP contribution in [0.1, 0.15) is 38.3 Å². The molecule has 2 atom stereocenters. The number of amides is 2. The smallest absolute Gasteiger partial charge is 0.264 e. The van der Waals surface area contributed by atoms with Crippen molar-refractivity contribution < 1.29 is 22.7 Å². The molecule has 10 heteroatoms. The number of nitrogens with zero attached hydrogens (tertiary/aromatic N) is 2. The summed E-state index contributed by atoms with van der Waals surface area (Å²) in [6.45, 7) is 6.81. The lowest BCUT2D eigenvalue weighted by molar-refractivity contribution is -0.139. The number of sulfonamides is 1. The average Bonchev–Trinajstić information content (AvgIpc) is 2.94. The zero-order valence-corrected chi connectivity index (χ0v) is 25.0. The molecule has 2 unspecified atom stereocenters. The summed E-state index contributed by atoms with van der Waals surface area (Å²) >= 11 is 6.44. The van der Waals surface area contributed by atoms with Crippen LogP contribution in [-0.4, -0.2) is 50.9 Å². The molecule has 0 saturated heterocycles. The Kier molecular flexibility index (Phi) is 10.6. The summed E-state index contributed by atoms with van der Waals surface area (Å²) < 4.78 is 34.1. The van der Waals surface area contributed by atoms with E-state index in [0.29, 0.717) is 5.75 Å². The van der Waals surface area contributed by atoms with Gasteiger partial charge in [0.05, 0.1) is 22.7 Å². The van der Waals surface area contributed by atoms with E-state index in [1.54, 1.807) is 68.6 Å². The molecule has 0 aliphatic carbocycles. The first-order valence-corrected chi connectivity index (χ1v) is 14.9. The van der Waals surface area contributed by atoms with Gasteiger partial charge in [0.1, 0.15) is 18.3 Å². The third-order valence-corrected chi connectivity index (χ3v) is 8.76. The first-order valence-electron chi connectivity index (χ1n) is 13.0. The predicted molar refractivity (Wildman–Crippen MR) is 158 cm³/mol. The summed E-state index contributed by atoms with van der Waals surface area (Å²) in [5.41, 5.74) is 1.78. The van der Waals surface area contributed by atoms with Crippen molar-refractivity contribution in [1.82, 2.24) is 10.2 Å². The maximum atomic E-state index is 14.0. The van der Waals surface area contributed by atoms with Crippen molar-refractivity contribution in [1.29, 1.82) is 0 Å². The Bertz CT molecular complexity index is 1430. The second-order valence-corrected chi connectivity index (χ2v) is 11.9. The highest BCUT2D eigenvalue weighted by molar-refractivity contribution is 7.92. The largest absolute Gasteiger partial charge is 0.497 e. The molecule has 3 aromatic rings. The van der Waals surface area contributed by atoms with E-state index in [1.807, 2.05) is 26.8 Å². The van der Waals surface area contributed by atoms with Crippen LogP contribution in [-0.2, 0) is 26.2 Å². The van der Waals surface area contributed by atoms with Crippen molar-refractivity contribution in [2.45, 2.75) is 57.6 Å². The molecular formula is C30H36ClN3O5S. The predicted octanol–water partition coefficient (Wildman–Crippen LogP) is 5.18. The van der Waals surface area contributed by atoms with Crippen LogP contribution in [0.3, 0.4) is 0 Å². The van der Waals surface area contributed by atoms with Gasteiger partial charge in [-0.15, -0.1) is 0 Å². The molecule has 8 nitrogen and oxygen atoms in total. The second-order valence-electron chi connectivity index (χ2n) is 9.64. The molecule has 0 aliphatic heterocycles. The summed E-state index contributed by atoms with van der Waals surface area (Å²) in [6, 6.07) is 19.0. The first kappa shape index (κ1) is 31.0. The fourth-order valence-corrected chi connectivity index (χ4v) is 5.74. The fraction of sp³-hybridized carbons (Fsp3) is 0.333. The zero-order chi connectivity index (χ0) is 29.4. The Morgan fingerprint density at radius 1 is 1.00 bits per heavy atom. The van der Waals surface area contributed by atoms with Gasteiger partial charge in [-0.3, -0.25) is 13.9 Å². The minimum absolute atomic E-state index is 0.0210. The number of methoxy groups -OCH3 is 1. The number of nitrogens with one attached hydrogen (secondary N) is 1. The highest BCUT2D eigenvalue weighted by Crippen LogP contribution is 2.31. The average molecular weight is 586 g/mol. The van der Waals surface area contributed by atoms with Gasteiger partial charge in [0.25, 0.3) is 10.0 Å². The van der Waals surface area contributed by atoms with E-state index < -0.39 is 28.5 Å². The Labute approximate surface area is 241 Å². The van der Waals surface area contributed by atoms with Crippen molar-refractivity contribution in [2.75, 3.05) is 18.0 Å². The van der Waals surface area contributed by atoms with Gasteiger partial charge in [-0.2, -0.15) is 0 Å². The molecule has 0 radical (unpaired) electrons. The zero-order valence-electron chi connectivity index (χ0n) is 23.4. The quantitative estimate of drug-likeness (QED) is 0.316. The van der Waals surface area contributed by atoms with E-state index in [-0.39, 0.29) is 34.1 Å². The van der Waals surface area contributed by atoms with Gasteiger partial charge >= 0.3 is 0 Å². The third kappa shape index (κ3) is 7.55. The van der Waals surface area contributed by atoms with E-state index in [1.165, 1.54) is 17.0 Å². The number of para-hydroxylation sites is 1. The van der Waals surface area contributed by atoms with E-state index >= 15 is 0 Å². The van der Waals surface area contributed by atoms with Gasteiger partial charge < -0.3 is 15.0 Å². The molecule has 0 aromatic heterocycles. The molecule has 40 heavy (non-hydrogen) atoms. The molecule has 0 heterocycles. The van der Waals surface area contributed by atoms with Crippen molar-refractivity contribution in [3.05, 3.63) is 88.9 Å². The minimum Gasteiger partial charge on any atom is -0.497 e. The van der Waals surface area contributed by atoms with Crippen molar-refractivity contribution in [3.8, 4) is 5.75 Å². The molecule has 1 N–H and O–H groups in total. The van der Waals surface area contributed by atoms with Crippen molar-refractivity contribution >= 4 is 39.1 Å². The molecular weight excluding hydrogens is 550 g/mol. The molecule has 0 fully saturated rings. The maximum Gasteiger partial charge on any atom is 0.264 e. The van der Waals surface area contributed by atoms with E-state index in [4.69, 9.17) is 16.3 Å². The van der Waals surface area contributed by atoms with Crippen LogP contribution in [0.5, 0.6) is 5.75 Å². The summed E-state index contributed by atoms with van der Waals surface area (Å²) in [5, 5.41) is 3.09. The Morgan fingerprint density at radius 2 is 1.68 bits per heavy atom. The van der Waals surface area contributed by atoms with E-state index in [9.17, 15) is 18.0 Å². The third-order valence-electron chi connectivity index (χ3n) is 6.66. The molecule has 3 rings (SSSR count). The van der Waals surface area contributed by atoms with Crippen molar-refractivity contribution in [2.24, 2.45) is 0 Å². The number of hydrogen-bond donors (Lipinski definition) is 1. The lowest BCUT2D eigenvalue weighted by Gasteiger charge is -2.32. The first-order chi connectivity index (χ1) is 19.0. The molecule has 0 spiro atoms. The highest BCUT2D eigenvalue weighted by Gasteiger charge is 2.33. The van der Waals surface area contributed by atoms with Crippen molar-refractivity contribution in [3.63, 3.8) is 0 Å². The number of carbonyl (C=O) groups is 2. The standard InChI is InChI=1S/C30H36ClN3O5S/c1-6-22(3)32-30(36)23(4)33(19-24-10-9-11-25(18-24)39-5)29(35)20-34(28-13-8-7-12-27(28)31)40(37,38)26-16-14-21(2)15-17-26/h7-18,22-23H,6,19-20H2,1-5H3,(H,32,36). The fourth-order valence-electron chi connectivity index (χ4n) is 4.02. The van der Waals surface area contributed by atoms with Gasteiger partial charge in [0.2, 0.25) is 11.8 Å². The van der Waals surface area contributed by atoms with Crippen LogP contribution in [0.2, 0.25) is 5.02 Å². The summed E-state index contributed by atoms with van der Waals surface area (Å²) in [5.74, 6) is -0.303. The molecule has 0 saturated carbocycles. The number of hydrogen-bond acceptors (Lipinski definition) is 5. The van der Waals surface area contributed by atoms with Crippen LogP contribution in [0.15, 0.2) is 77.7 Å². The highest BCUT2D eigenvalue weighted by atomic mass is 35.5. The second kappa shape index (κ2) is 13.7. The number of halogens is 1. The number of rotatable bonds is 12. The van der Waals surface area contributed by atoms with E-state index in [0.717, 1.165) is 21.9 Å². The van der Waals surface area contributed by atoms with Gasteiger partial charge in [0.15, 0.2) is 0 Å². The van der Waals surface area contributed by atoms with Crippen LogP contribution < -0.4 is 14.4 Å². The molecule has 214 valence electrons. The van der Waals surface area contributed by atoms with Crippen LogP contribution in [0.4, 0.5) is 5.69 Å². The summed E-state index contributed by atoms with van der Waals surface area (Å²) in [6.07, 6.45) is 0.720. The summed E-state index contributed by atoms with van der Waals surface area (Å²) in [4.78, 5) is 28.5. The lowest BCUT2D eigenvalue weighted by Crippen LogP contribution is -2.52. The number of ether oxygens (including phenoxy) is 1. The molecule has 2 amide bonds. The Balaban J connectivity index is 2.04.